The number of amides is 1. The summed E-state index contributed by atoms with van der Waals surface area (Å²) in [4.78, 5) is 12.6. The van der Waals surface area contributed by atoms with Gasteiger partial charge in [-0.25, -0.2) is 12.8 Å². The average molecular weight is 428 g/mol. The first kappa shape index (κ1) is 21.3. The van der Waals surface area contributed by atoms with E-state index in [1.54, 1.807) is 6.92 Å². The number of nitrogens with one attached hydrogen (secondary N) is 2. The fourth-order valence-electron chi connectivity index (χ4n) is 2.86. The Kier molecular flexibility index (Phi) is 6.37. The summed E-state index contributed by atoms with van der Waals surface area (Å²) in [6, 6.07) is 17.2. The molecule has 30 heavy (non-hydrogen) atoms. The Morgan fingerprint density at radius 2 is 1.77 bits per heavy atom. The lowest BCUT2D eigenvalue weighted by Gasteiger charge is -2.15. The number of ether oxygens (including phenoxy) is 1. The summed E-state index contributed by atoms with van der Waals surface area (Å²) in [6.45, 7) is 1.83. The molecule has 0 heterocycles. The molecule has 0 atom stereocenters. The van der Waals surface area contributed by atoms with Crippen molar-refractivity contribution in [1.29, 1.82) is 0 Å². The molecular weight excluding hydrogens is 407 g/mol. The van der Waals surface area contributed by atoms with Gasteiger partial charge < -0.3 is 10.1 Å². The van der Waals surface area contributed by atoms with Crippen LogP contribution in [0.25, 0.3) is 0 Å². The second-order valence-electron chi connectivity index (χ2n) is 6.60. The van der Waals surface area contributed by atoms with Crippen LogP contribution in [0.5, 0.6) is 5.75 Å². The fourth-order valence-corrected chi connectivity index (χ4v) is 4.20. The van der Waals surface area contributed by atoms with Crippen molar-refractivity contribution in [3.05, 3.63) is 89.2 Å². The Hall–Kier alpha value is -3.39. The van der Waals surface area contributed by atoms with E-state index in [4.69, 9.17) is 4.74 Å². The molecular formula is C22H21FN2O4S. The SMILES string of the molecule is COc1ccc(NS(=O)(=O)c2cc(F)ccc2C)c(C(=O)NCc2ccccc2)c1. The van der Waals surface area contributed by atoms with Crippen LogP contribution < -0.4 is 14.8 Å². The van der Waals surface area contributed by atoms with Crippen molar-refractivity contribution in [2.45, 2.75) is 18.4 Å². The van der Waals surface area contributed by atoms with Gasteiger partial charge in [-0.2, -0.15) is 0 Å². The molecule has 8 heteroatoms. The second kappa shape index (κ2) is 8.96. The number of carbonyl (C=O) groups is 1. The van der Waals surface area contributed by atoms with E-state index < -0.39 is 21.7 Å². The molecule has 3 aromatic carbocycles. The third kappa shape index (κ3) is 4.96. The molecule has 0 radical (unpaired) electrons. The van der Waals surface area contributed by atoms with Crippen molar-refractivity contribution in [2.24, 2.45) is 0 Å². The predicted octanol–water partition coefficient (Wildman–Crippen LogP) is 3.87. The van der Waals surface area contributed by atoms with Crippen molar-refractivity contribution in [3.8, 4) is 5.75 Å². The van der Waals surface area contributed by atoms with Gasteiger partial charge in [-0.1, -0.05) is 36.4 Å². The van der Waals surface area contributed by atoms with E-state index in [0.717, 1.165) is 11.6 Å². The molecule has 0 saturated heterocycles. The van der Waals surface area contributed by atoms with E-state index in [9.17, 15) is 17.6 Å². The molecule has 0 aliphatic carbocycles. The third-order valence-corrected chi connectivity index (χ3v) is 5.96. The zero-order valence-corrected chi connectivity index (χ0v) is 17.3. The van der Waals surface area contributed by atoms with Crippen molar-refractivity contribution in [3.63, 3.8) is 0 Å². The van der Waals surface area contributed by atoms with E-state index in [1.165, 1.54) is 37.4 Å². The molecule has 0 unspecified atom stereocenters. The predicted molar refractivity (Wildman–Crippen MR) is 113 cm³/mol. The fraction of sp³-hybridized carbons (Fsp3) is 0.136. The molecule has 0 aromatic heterocycles. The molecule has 0 aliphatic heterocycles. The monoisotopic (exact) mass is 428 g/mol. The number of carbonyl (C=O) groups excluding carboxylic acids is 1. The largest absolute Gasteiger partial charge is 0.497 e. The molecule has 156 valence electrons. The van der Waals surface area contributed by atoms with Crippen LogP contribution in [-0.4, -0.2) is 21.4 Å². The van der Waals surface area contributed by atoms with E-state index in [0.29, 0.717) is 11.3 Å². The number of benzene rings is 3. The molecule has 0 saturated carbocycles. The van der Waals surface area contributed by atoms with E-state index >= 15 is 0 Å². The molecule has 0 bridgehead atoms. The molecule has 2 N–H and O–H groups in total. The minimum atomic E-state index is -4.12. The minimum absolute atomic E-state index is 0.0602. The summed E-state index contributed by atoms with van der Waals surface area (Å²) in [7, 11) is -2.67. The molecule has 0 spiro atoms. The van der Waals surface area contributed by atoms with Gasteiger partial charge in [0.1, 0.15) is 11.6 Å². The van der Waals surface area contributed by atoms with Gasteiger partial charge in [-0.3, -0.25) is 9.52 Å². The van der Waals surface area contributed by atoms with Crippen molar-refractivity contribution < 1.29 is 22.3 Å². The number of sulfonamides is 1. The van der Waals surface area contributed by atoms with Crippen molar-refractivity contribution in [2.75, 3.05) is 11.8 Å². The van der Waals surface area contributed by atoms with Gasteiger partial charge in [0.05, 0.1) is 23.3 Å². The summed E-state index contributed by atoms with van der Waals surface area (Å²) >= 11 is 0. The lowest BCUT2D eigenvalue weighted by Crippen LogP contribution is -2.25. The Morgan fingerprint density at radius 1 is 1.03 bits per heavy atom. The van der Waals surface area contributed by atoms with E-state index in [2.05, 4.69) is 10.0 Å². The topological polar surface area (TPSA) is 84.5 Å². The van der Waals surface area contributed by atoms with Gasteiger partial charge in [-0.15, -0.1) is 0 Å². The van der Waals surface area contributed by atoms with Gasteiger partial charge in [0.15, 0.2) is 0 Å². The van der Waals surface area contributed by atoms with Crippen LogP contribution in [0.2, 0.25) is 0 Å². The molecule has 0 aliphatic rings. The van der Waals surface area contributed by atoms with Crippen LogP contribution in [0.4, 0.5) is 10.1 Å². The Morgan fingerprint density at radius 3 is 2.47 bits per heavy atom. The second-order valence-corrected chi connectivity index (χ2v) is 8.25. The quantitative estimate of drug-likeness (QED) is 0.598. The van der Waals surface area contributed by atoms with Gasteiger partial charge in [0, 0.05) is 6.54 Å². The Labute approximate surface area is 174 Å². The van der Waals surface area contributed by atoms with Gasteiger partial charge in [-0.05, 0) is 48.4 Å². The smallest absolute Gasteiger partial charge is 0.262 e. The summed E-state index contributed by atoms with van der Waals surface area (Å²) in [6.07, 6.45) is 0. The number of hydrogen-bond acceptors (Lipinski definition) is 4. The van der Waals surface area contributed by atoms with Gasteiger partial charge in [0.25, 0.3) is 15.9 Å². The first-order valence-electron chi connectivity index (χ1n) is 9.09. The van der Waals surface area contributed by atoms with Gasteiger partial charge in [0.2, 0.25) is 0 Å². The number of anilines is 1. The van der Waals surface area contributed by atoms with E-state index in [-0.39, 0.29) is 22.7 Å². The number of methoxy groups -OCH3 is 1. The number of rotatable bonds is 7. The normalized spacial score (nSPS) is 11.0. The highest BCUT2D eigenvalue weighted by Gasteiger charge is 2.21. The van der Waals surface area contributed by atoms with Crippen LogP contribution in [-0.2, 0) is 16.6 Å². The van der Waals surface area contributed by atoms with Crippen molar-refractivity contribution >= 4 is 21.6 Å². The summed E-state index contributed by atoms with van der Waals surface area (Å²) in [5.41, 5.74) is 1.42. The van der Waals surface area contributed by atoms with Crippen LogP contribution in [0.1, 0.15) is 21.5 Å². The summed E-state index contributed by atoms with van der Waals surface area (Å²) in [5, 5.41) is 2.76. The van der Waals surface area contributed by atoms with Crippen LogP contribution in [0.15, 0.2) is 71.6 Å². The maximum absolute atomic E-state index is 13.6. The highest BCUT2D eigenvalue weighted by molar-refractivity contribution is 7.92. The first-order valence-corrected chi connectivity index (χ1v) is 10.6. The standard InChI is InChI=1S/C22H21FN2O4S/c1-15-8-9-17(23)12-21(15)30(27,28)25-20-11-10-18(29-2)13-19(20)22(26)24-14-16-6-4-3-5-7-16/h3-13,25H,14H2,1-2H3,(H,24,26). The number of hydrogen-bond donors (Lipinski definition) is 2. The zero-order chi connectivity index (χ0) is 21.7. The maximum atomic E-state index is 13.6. The zero-order valence-electron chi connectivity index (χ0n) is 16.5. The third-order valence-electron chi connectivity index (χ3n) is 4.45. The molecule has 3 aromatic rings. The van der Waals surface area contributed by atoms with Gasteiger partial charge >= 0.3 is 0 Å². The molecule has 0 fully saturated rings. The Bertz CT molecular complexity index is 1170. The summed E-state index contributed by atoms with van der Waals surface area (Å²) < 4.78 is 46.9. The molecule has 3 rings (SSSR count). The summed E-state index contributed by atoms with van der Waals surface area (Å²) in [5.74, 6) is -0.757. The molecule has 6 nitrogen and oxygen atoms in total. The number of halogens is 1. The Balaban J connectivity index is 1.91. The lowest BCUT2D eigenvalue weighted by atomic mass is 10.1. The van der Waals surface area contributed by atoms with Crippen molar-refractivity contribution in [1.82, 2.24) is 5.32 Å². The average Bonchev–Trinajstić information content (AvgIpc) is 2.74. The van der Waals surface area contributed by atoms with Crippen LogP contribution in [0.3, 0.4) is 0 Å². The maximum Gasteiger partial charge on any atom is 0.262 e. The van der Waals surface area contributed by atoms with Crippen LogP contribution >= 0.6 is 0 Å². The van der Waals surface area contributed by atoms with Crippen LogP contribution in [0, 0.1) is 12.7 Å². The highest BCUT2D eigenvalue weighted by atomic mass is 32.2. The number of aryl methyl sites for hydroxylation is 1. The van der Waals surface area contributed by atoms with E-state index in [1.807, 2.05) is 30.3 Å². The minimum Gasteiger partial charge on any atom is -0.497 e. The first-order chi connectivity index (χ1) is 14.3. The highest BCUT2D eigenvalue weighted by Crippen LogP contribution is 2.26. The molecule has 1 amide bonds. The lowest BCUT2D eigenvalue weighted by molar-refractivity contribution is 0.0951.